The summed E-state index contributed by atoms with van der Waals surface area (Å²) in [6.45, 7) is 19.9. The minimum Gasteiger partial charge on any atom is -0.463 e. The number of carbonyl (C=O) groups excluding carboxylic acids is 1. The van der Waals surface area contributed by atoms with Crippen molar-refractivity contribution in [2.75, 3.05) is 19.4 Å². The first-order valence-corrected chi connectivity index (χ1v) is 14.6. The van der Waals surface area contributed by atoms with E-state index in [0.717, 1.165) is 31.7 Å². The highest BCUT2D eigenvalue weighted by atomic mass is 28.4. The van der Waals surface area contributed by atoms with E-state index in [1.807, 2.05) is 6.92 Å². The third-order valence-electron chi connectivity index (χ3n) is 3.46. The molecule has 0 N–H and O–H groups in total. The van der Waals surface area contributed by atoms with Gasteiger partial charge in [-0.2, -0.15) is 0 Å². The van der Waals surface area contributed by atoms with Crippen molar-refractivity contribution in [2.45, 2.75) is 65.8 Å². The van der Waals surface area contributed by atoms with E-state index < -0.39 is 16.6 Å². The van der Waals surface area contributed by atoms with Gasteiger partial charge in [-0.05, 0) is 57.9 Å². The van der Waals surface area contributed by atoms with E-state index in [9.17, 15) is 4.79 Å². The van der Waals surface area contributed by atoms with Crippen molar-refractivity contribution >= 4 is 22.6 Å². The zero-order valence-corrected chi connectivity index (χ0v) is 18.2. The molecule has 1 unspecified atom stereocenters. The minimum absolute atomic E-state index is 0.322. The highest BCUT2D eigenvalue weighted by Gasteiger charge is 2.37. The summed E-state index contributed by atoms with van der Waals surface area (Å²) in [5, 5.41) is 0. The summed E-state index contributed by atoms with van der Waals surface area (Å²) in [6, 6.07) is 2.22. The van der Waals surface area contributed by atoms with Crippen molar-refractivity contribution in [3.63, 3.8) is 0 Å². The molecule has 0 aromatic heterocycles. The van der Waals surface area contributed by atoms with Crippen LogP contribution >= 0.6 is 0 Å². The van der Waals surface area contributed by atoms with Crippen LogP contribution in [0.2, 0.25) is 31.7 Å². The van der Waals surface area contributed by atoms with Gasteiger partial charge >= 0.3 is 5.97 Å². The van der Waals surface area contributed by atoms with Crippen molar-refractivity contribution < 1.29 is 18.4 Å². The minimum atomic E-state index is -2.05. The molecule has 0 saturated carbocycles. The summed E-state index contributed by atoms with van der Waals surface area (Å²) in [4.78, 5) is 11.6. The Kier molecular flexibility index (Phi) is 10.2. The number of carbonyl (C=O) groups is 1. The lowest BCUT2D eigenvalue weighted by Crippen LogP contribution is -2.50. The largest absolute Gasteiger partial charge is 0.463 e. The van der Waals surface area contributed by atoms with Crippen LogP contribution in [0.3, 0.4) is 0 Å². The Morgan fingerprint density at radius 3 is 2.30 bits per heavy atom. The maximum absolute atomic E-state index is 11.6. The van der Waals surface area contributed by atoms with E-state index in [-0.39, 0.29) is 5.97 Å². The van der Waals surface area contributed by atoms with E-state index in [1.165, 1.54) is 0 Å². The first-order chi connectivity index (χ1) is 10.5. The van der Waals surface area contributed by atoms with Gasteiger partial charge in [0, 0.05) is 18.8 Å². The van der Waals surface area contributed by atoms with Gasteiger partial charge in [-0.3, -0.25) is 0 Å². The quantitative estimate of drug-likeness (QED) is 0.222. The molecule has 0 radical (unpaired) electrons. The lowest BCUT2D eigenvalue weighted by atomic mass is 10.3. The lowest BCUT2D eigenvalue weighted by molar-refractivity contribution is -0.137. The van der Waals surface area contributed by atoms with Gasteiger partial charge in [0.15, 0.2) is 8.32 Å². The third kappa shape index (κ3) is 10.9. The zero-order valence-electron chi connectivity index (χ0n) is 16.2. The number of rotatable bonds is 12. The first kappa shape index (κ1) is 22.6. The molecule has 0 saturated heterocycles. The normalized spacial score (nSPS) is 14.6. The first-order valence-electron chi connectivity index (χ1n) is 8.62. The van der Waals surface area contributed by atoms with E-state index in [2.05, 4.69) is 40.1 Å². The molecule has 23 heavy (non-hydrogen) atoms. The lowest BCUT2D eigenvalue weighted by Gasteiger charge is -2.37. The van der Waals surface area contributed by atoms with Crippen LogP contribution in [0.1, 0.15) is 34.1 Å². The summed E-state index contributed by atoms with van der Waals surface area (Å²) < 4.78 is 17.5. The molecule has 136 valence electrons. The van der Waals surface area contributed by atoms with Crippen molar-refractivity contribution in [1.82, 2.24) is 0 Å². The monoisotopic (exact) mass is 360 g/mol. The van der Waals surface area contributed by atoms with Gasteiger partial charge in [0.1, 0.15) is 6.23 Å². The Hall–Kier alpha value is -0.436. The molecule has 0 aliphatic rings. The predicted octanol–water partition coefficient (Wildman–Crippen LogP) is 4.52. The Morgan fingerprint density at radius 2 is 1.83 bits per heavy atom. The standard InChI is InChI=1S/C17H36O4Si2/c1-9-19-11-10-12-23(8,13-15(2)3)21-22(6,7)14-20-17(18)16(4)5/h15H,4,9-14H2,1-3,5-8H3. The molecule has 1 atom stereocenters. The van der Waals surface area contributed by atoms with Crippen LogP contribution < -0.4 is 0 Å². The van der Waals surface area contributed by atoms with Gasteiger partial charge in [0.05, 0.1) is 0 Å². The maximum Gasteiger partial charge on any atom is 0.332 e. The van der Waals surface area contributed by atoms with E-state index in [4.69, 9.17) is 13.6 Å². The maximum atomic E-state index is 11.6. The van der Waals surface area contributed by atoms with Gasteiger partial charge < -0.3 is 13.6 Å². The van der Waals surface area contributed by atoms with E-state index in [1.54, 1.807) is 6.92 Å². The molecule has 6 heteroatoms. The predicted molar refractivity (Wildman–Crippen MR) is 102 cm³/mol. The topological polar surface area (TPSA) is 44.8 Å². The molecule has 0 aliphatic carbocycles. The fourth-order valence-electron chi connectivity index (χ4n) is 2.81. The van der Waals surface area contributed by atoms with Crippen molar-refractivity contribution in [1.29, 1.82) is 0 Å². The summed E-state index contributed by atoms with van der Waals surface area (Å²) in [7, 11) is -3.88. The fraction of sp³-hybridized carbons (Fsp3) is 0.824. The molecular weight excluding hydrogens is 324 g/mol. The highest BCUT2D eigenvalue weighted by Crippen LogP contribution is 2.28. The number of hydrogen-bond acceptors (Lipinski definition) is 4. The zero-order chi connectivity index (χ0) is 18.1. The van der Waals surface area contributed by atoms with Crippen LogP contribution in [0.15, 0.2) is 12.2 Å². The van der Waals surface area contributed by atoms with Crippen LogP contribution in [0, 0.1) is 5.92 Å². The number of hydrogen-bond donors (Lipinski definition) is 0. The molecule has 0 rings (SSSR count). The molecule has 0 aliphatic heterocycles. The highest BCUT2D eigenvalue weighted by molar-refractivity contribution is 6.85. The van der Waals surface area contributed by atoms with Crippen molar-refractivity contribution in [3.05, 3.63) is 12.2 Å². The van der Waals surface area contributed by atoms with Crippen molar-refractivity contribution in [2.24, 2.45) is 5.92 Å². The summed E-state index contributed by atoms with van der Waals surface area (Å²) in [5.74, 6) is 0.291. The SMILES string of the molecule is C=C(C)C(=O)OC[Si](C)(C)O[Si](C)(CCCOCC)CC(C)C. The molecule has 0 spiro atoms. The van der Waals surface area contributed by atoms with Crippen LogP contribution in [0.25, 0.3) is 0 Å². The summed E-state index contributed by atoms with van der Waals surface area (Å²) in [6.07, 6.45) is 1.43. The van der Waals surface area contributed by atoms with Crippen molar-refractivity contribution in [3.8, 4) is 0 Å². The molecule has 0 heterocycles. The number of esters is 1. The Labute approximate surface area is 144 Å². The molecule has 0 fully saturated rings. The van der Waals surface area contributed by atoms with Gasteiger partial charge in [-0.1, -0.05) is 20.4 Å². The Morgan fingerprint density at radius 1 is 1.22 bits per heavy atom. The summed E-state index contributed by atoms with van der Waals surface area (Å²) in [5.41, 5.74) is 0.439. The number of ether oxygens (including phenoxy) is 2. The van der Waals surface area contributed by atoms with Gasteiger partial charge in [-0.15, -0.1) is 0 Å². The Bertz CT molecular complexity index is 383. The van der Waals surface area contributed by atoms with Crippen LogP contribution in [0.5, 0.6) is 0 Å². The smallest absolute Gasteiger partial charge is 0.332 e. The van der Waals surface area contributed by atoms with Gasteiger partial charge in [-0.25, -0.2) is 4.79 Å². The second-order valence-corrected chi connectivity index (χ2v) is 16.0. The molecular formula is C17H36O4Si2. The van der Waals surface area contributed by atoms with Crippen LogP contribution in [-0.2, 0) is 18.4 Å². The molecule has 0 aromatic carbocycles. The van der Waals surface area contributed by atoms with E-state index in [0.29, 0.717) is 17.7 Å². The second kappa shape index (κ2) is 10.4. The Balaban J connectivity index is 4.70. The van der Waals surface area contributed by atoms with E-state index >= 15 is 0 Å². The van der Waals surface area contributed by atoms with Gasteiger partial charge in [0.25, 0.3) is 0 Å². The fourth-order valence-corrected chi connectivity index (χ4v) is 12.4. The second-order valence-electron chi connectivity index (χ2n) is 7.57. The molecule has 0 amide bonds. The van der Waals surface area contributed by atoms with Crippen LogP contribution in [0.4, 0.5) is 0 Å². The average Bonchev–Trinajstić information content (AvgIpc) is 2.39. The van der Waals surface area contributed by atoms with Gasteiger partial charge in [0.2, 0.25) is 8.32 Å². The molecule has 0 bridgehead atoms. The van der Waals surface area contributed by atoms with Crippen LogP contribution in [-0.4, -0.2) is 42.0 Å². The third-order valence-corrected chi connectivity index (χ3v) is 11.6. The molecule has 4 nitrogen and oxygen atoms in total. The average molecular weight is 361 g/mol. The summed E-state index contributed by atoms with van der Waals surface area (Å²) >= 11 is 0. The molecule has 0 aromatic rings.